The quantitative estimate of drug-likeness (QED) is 0.247. The van der Waals surface area contributed by atoms with Crippen molar-refractivity contribution >= 4 is 54.3 Å². The number of piperidine rings is 1. The van der Waals surface area contributed by atoms with Crippen molar-refractivity contribution in [3.8, 4) is 0 Å². The number of anilines is 1. The van der Waals surface area contributed by atoms with E-state index >= 15 is 0 Å². The molecule has 1 aliphatic rings. The van der Waals surface area contributed by atoms with Gasteiger partial charge < -0.3 is 20.3 Å². The van der Waals surface area contributed by atoms with Crippen molar-refractivity contribution in [1.29, 1.82) is 0 Å². The fourth-order valence-electron chi connectivity index (χ4n) is 3.56. The van der Waals surface area contributed by atoms with Crippen molar-refractivity contribution in [1.82, 2.24) is 25.3 Å². The highest BCUT2D eigenvalue weighted by atomic mass is 35.5. The summed E-state index contributed by atoms with van der Waals surface area (Å²) in [5.41, 5.74) is 0.242. The summed E-state index contributed by atoms with van der Waals surface area (Å²) < 4.78 is 18.5. The number of halogens is 2. The average Bonchev–Trinajstić information content (AvgIpc) is 3.26. The van der Waals surface area contributed by atoms with Gasteiger partial charge >= 0.3 is 13.6 Å². The third-order valence-corrected chi connectivity index (χ3v) is 7.93. The van der Waals surface area contributed by atoms with E-state index in [1.807, 2.05) is 0 Å². The van der Waals surface area contributed by atoms with E-state index in [1.165, 1.54) is 37.0 Å². The van der Waals surface area contributed by atoms with Crippen LogP contribution in [0.3, 0.4) is 0 Å². The molecule has 0 bridgehead atoms. The van der Waals surface area contributed by atoms with Crippen molar-refractivity contribution < 1.29 is 28.6 Å². The zero-order chi connectivity index (χ0) is 25.8. The Balaban J connectivity index is 1.58. The number of hydrogen-bond donors (Lipinski definition) is 5. The predicted octanol–water partition coefficient (Wildman–Crippen LogP) is 2.41. The Kier molecular flexibility index (Phi) is 8.92. The van der Waals surface area contributed by atoms with Crippen LogP contribution in [0.15, 0.2) is 24.4 Å². The Morgan fingerprint density at radius 1 is 1.23 bits per heavy atom. The van der Waals surface area contributed by atoms with E-state index in [2.05, 4.69) is 30.7 Å². The SMILES string of the molecule is COC(=O)[C@H](C)NP(=O)(O)N1CCC(NC(=O)c2[nH]ncc2NC(=O)c2c(Cl)cccc2Cl)CC1. The van der Waals surface area contributed by atoms with Crippen molar-refractivity contribution in [3.63, 3.8) is 0 Å². The number of carbonyl (C=O) groups excluding carboxylic acids is 3. The first-order valence-electron chi connectivity index (χ1n) is 10.6. The van der Waals surface area contributed by atoms with Crippen LogP contribution in [0.1, 0.15) is 40.6 Å². The lowest BCUT2D eigenvalue weighted by molar-refractivity contribution is -0.142. The summed E-state index contributed by atoms with van der Waals surface area (Å²) in [4.78, 5) is 47.3. The molecule has 1 saturated heterocycles. The van der Waals surface area contributed by atoms with Crippen molar-refractivity contribution in [2.75, 3.05) is 25.5 Å². The first kappa shape index (κ1) is 27.1. The third-order valence-electron chi connectivity index (χ3n) is 5.41. The number of aromatic nitrogens is 2. The summed E-state index contributed by atoms with van der Waals surface area (Å²) in [6.07, 6.45) is 2.06. The van der Waals surface area contributed by atoms with Gasteiger partial charge in [0.1, 0.15) is 11.7 Å². The highest BCUT2D eigenvalue weighted by molar-refractivity contribution is 7.53. The Hall–Kier alpha value is -2.47. The first-order valence-corrected chi connectivity index (χ1v) is 12.9. The van der Waals surface area contributed by atoms with E-state index < -0.39 is 31.5 Å². The molecule has 1 aromatic heterocycles. The maximum absolute atomic E-state index is 12.8. The van der Waals surface area contributed by atoms with E-state index in [4.69, 9.17) is 23.2 Å². The Labute approximate surface area is 211 Å². The molecular weight excluding hydrogens is 522 g/mol. The molecule has 1 fully saturated rings. The molecule has 15 heteroatoms. The molecule has 0 saturated carbocycles. The Morgan fingerprint density at radius 2 is 1.86 bits per heavy atom. The molecule has 1 unspecified atom stereocenters. The van der Waals surface area contributed by atoms with Crippen LogP contribution in [0.2, 0.25) is 10.0 Å². The summed E-state index contributed by atoms with van der Waals surface area (Å²) in [7, 11) is -2.78. The lowest BCUT2D eigenvalue weighted by Crippen LogP contribution is -2.46. The molecule has 12 nitrogen and oxygen atoms in total. The van der Waals surface area contributed by atoms with Crippen LogP contribution in [0.4, 0.5) is 5.69 Å². The Morgan fingerprint density at radius 3 is 2.46 bits per heavy atom. The molecule has 2 aromatic rings. The summed E-state index contributed by atoms with van der Waals surface area (Å²) in [5, 5.41) is 14.5. The monoisotopic (exact) mass is 546 g/mol. The second-order valence-electron chi connectivity index (χ2n) is 7.83. The van der Waals surface area contributed by atoms with Crippen molar-refractivity contribution in [3.05, 3.63) is 45.7 Å². The van der Waals surface area contributed by atoms with Crippen LogP contribution < -0.4 is 15.7 Å². The molecule has 1 aliphatic heterocycles. The average molecular weight is 547 g/mol. The van der Waals surface area contributed by atoms with Crippen LogP contribution in [0, 0.1) is 0 Å². The smallest absolute Gasteiger partial charge is 0.341 e. The highest BCUT2D eigenvalue weighted by Crippen LogP contribution is 2.43. The lowest BCUT2D eigenvalue weighted by atomic mass is 10.1. The van der Waals surface area contributed by atoms with Crippen molar-refractivity contribution in [2.24, 2.45) is 0 Å². The molecular formula is C20H25Cl2N6O6P. The van der Waals surface area contributed by atoms with E-state index in [9.17, 15) is 23.8 Å². The number of amides is 2. The van der Waals surface area contributed by atoms with Crippen LogP contribution in [0.5, 0.6) is 0 Å². The largest absolute Gasteiger partial charge is 0.468 e. The topological polar surface area (TPSA) is 166 Å². The van der Waals surface area contributed by atoms with E-state index in [-0.39, 0.29) is 46.1 Å². The van der Waals surface area contributed by atoms with Gasteiger partial charge in [0.15, 0.2) is 0 Å². The van der Waals surface area contributed by atoms with Gasteiger partial charge in [0.25, 0.3) is 11.8 Å². The minimum atomic E-state index is -3.98. The maximum atomic E-state index is 12.8. The van der Waals surface area contributed by atoms with Gasteiger partial charge in [-0.1, -0.05) is 29.3 Å². The molecule has 2 atom stereocenters. The van der Waals surface area contributed by atoms with Crippen molar-refractivity contribution in [2.45, 2.75) is 31.8 Å². The number of H-pyrrole nitrogens is 1. The van der Waals surface area contributed by atoms with Crippen LogP contribution >= 0.6 is 30.9 Å². The molecule has 190 valence electrons. The number of methoxy groups -OCH3 is 1. The number of hydrogen-bond acceptors (Lipinski definition) is 6. The number of ether oxygens (including phenoxy) is 1. The molecule has 35 heavy (non-hydrogen) atoms. The van der Waals surface area contributed by atoms with Gasteiger partial charge in [0.2, 0.25) is 0 Å². The number of aromatic amines is 1. The van der Waals surface area contributed by atoms with Crippen LogP contribution in [-0.2, 0) is 14.1 Å². The molecule has 5 N–H and O–H groups in total. The van der Waals surface area contributed by atoms with Gasteiger partial charge in [-0.2, -0.15) is 5.10 Å². The lowest BCUT2D eigenvalue weighted by Gasteiger charge is -2.35. The fourth-order valence-corrected chi connectivity index (χ4v) is 5.67. The maximum Gasteiger partial charge on any atom is 0.341 e. The molecule has 2 heterocycles. The second-order valence-corrected chi connectivity index (χ2v) is 10.6. The number of rotatable bonds is 8. The molecule has 3 rings (SSSR count). The minimum absolute atomic E-state index is 0.0327. The van der Waals surface area contributed by atoms with Gasteiger partial charge in [-0.15, -0.1) is 0 Å². The number of benzene rings is 1. The zero-order valence-electron chi connectivity index (χ0n) is 18.9. The molecule has 1 aromatic carbocycles. The standard InChI is InChI=1S/C20H25Cl2N6O6P/c1-11(20(31)34-2)27-35(32,33)28-8-6-12(7-9-28)24-19(30)17-15(10-23-26-17)25-18(29)16-13(21)4-3-5-14(16)22/h3-5,10-12H,6-9H2,1-2H3,(H,23,26)(H,24,30)(H,25,29)(H2,27,32,33)/t11-/m0/s1. The van der Waals surface area contributed by atoms with E-state index in [1.54, 1.807) is 6.07 Å². The summed E-state index contributed by atoms with van der Waals surface area (Å²) in [6, 6.07) is 3.41. The van der Waals surface area contributed by atoms with Gasteiger partial charge in [-0.05, 0) is 31.9 Å². The summed E-state index contributed by atoms with van der Waals surface area (Å²) in [6.45, 7) is 1.84. The van der Waals surface area contributed by atoms with Crippen LogP contribution in [0.25, 0.3) is 0 Å². The minimum Gasteiger partial charge on any atom is -0.468 e. The van der Waals surface area contributed by atoms with E-state index in [0.29, 0.717) is 12.8 Å². The second kappa shape index (κ2) is 11.5. The van der Waals surface area contributed by atoms with Gasteiger partial charge in [0.05, 0.1) is 34.6 Å². The van der Waals surface area contributed by atoms with Crippen LogP contribution in [-0.4, -0.2) is 69.8 Å². The summed E-state index contributed by atoms with van der Waals surface area (Å²) >= 11 is 12.1. The fraction of sp³-hybridized carbons (Fsp3) is 0.400. The van der Waals surface area contributed by atoms with E-state index in [0.717, 1.165) is 0 Å². The molecule has 0 aliphatic carbocycles. The number of nitrogens with one attached hydrogen (secondary N) is 4. The zero-order valence-corrected chi connectivity index (χ0v) is 21.3. The van der Waals surface area contributed by atoms with Gasteiger partial charge in [0, 0.05) is 19.1 Å². The molecule has 0 radical (unpaired) electrons. The number of nitrogens with zero attached hydrogens (tertiary/aromatic N) is 2. The first-order chi connectivity index (χ1) is 16.5. The Bertz CT molecular complexity index is 1130. The number of carbonyl (C=O) groups is 3. The summed E-state index contributed by atoms with van der Waals surface area (Å²) in [5.74, 6) is -1.76. The predicted molar refractivity (Wildman–Crippen MR) is 130 cm³/mol. The van der Waals surface area contributed by atoms with Gasteiger partial charge in [-0.25, -0.2) is 9.76 Å². The normalized spacial score (nSPS) is 17.3. The highest BCUT2D eigenvalue weighted by Gasteiger charge is 2.35. The van der Waals surface area contributed by atoms with Gasteiger partial charge in [-0.3, -0.25) is 24.0 Å². The molecule has 2 amide bonds. The number of esters is 1. The molecule has 0 spiro atoms. The third kappa shape index (κ3) is 6.60.